The molecule has 1 aromatic carbocycles. The van der Waals surface area contributed by atoms with Gasteiger partial charge in [-0.25, -0.2) is 0 Å². The van der Waals surface area contributed by atoms with Gasteiger partial charge in [-0.2, -0.15) is 10.2 Å². The van der Waals surface area contributed by atoms with Gasteiger partial charge in [-0.3, -0.25) is 14.6 Å². The Morgan fingerprint density at radius 2 is 1.97 bits per heavy atom. The van der Waals surface area contributed by atoms with Crippen LogP contribution in [0.25, 0.3) is 22.0 Å². The smallest absolute Gasteiger partial charge is 0.245 e. The highest BCUT2D eigenvalue weighted by Gasteiger charge is 2.54. The van der Waals surface area contributed by atoms with E-state index in [1.807, 2.05) is 23.2 Å². The van der Waals surface area contributed by atoms with Gasteiger partial charge < -0.3 is 4.90 Å². The summed E-state index contributed by atoms with van der Waals surface area (Å²) in [7, 11) is 0. The van der Waals surface area contributed by atoms with Gasteiger partial charge in [0.2, 0.25) is 5.91 Å². The molecular weight excluding hydrogens is 434 g/mol. The molecule has 7 heteroatoms. The minimum atomic E-state index is 0.0454. The Kier molecular flexibility index (Phi) is 4.91. The van der Waals surface area contributed by atoms with E-state index < -0.39 is 0 Å². The summed E-state index contributed by atoms with van der Waals surface area (Å²) in [6, 6.07) is 4.34. The molecular formula is C26H30ClN5O. The third kappa shape index (κ3) is 3.25. The van der Waals surface area contributed by atoms with E-state index in [-0.39, 0.29) is 11.3 Å². The molecule has 1 spiro atoms. The molecule has 1 aliphatic heterocycles. The van der Waals surface area contributed by atoms with E-state index in [9.17, 15) is 4.79 Å². The highest BCUT2D eigenvalue weighted by atomic mass is 35.5. The molecule has 2 saturated carbocycles. The lowest BCUT2D eigenvalue weighted by Crippen LogP contribution is -2.63. The minimum absolute atomic E-state index is 0.0454. The summed E-state index contributed by atoms with van der Waals surface area (Å²) in [6.45, 7) is 7.50. The number of fused-ring (bicyclic) bond motifs is 1. The summed E-state index contributed by atoms with van der Waals surface area (Å²) in [5.41, 5.74) is 5.93. The predicted molar refractivity (Wildman–Crippen MR) is 130 cm³/mol. The van der Waals surface area contributed by atoms with Crippen molar-refractivity contribution in [2.24, 2.45) is 5.41 Å². The molecule has 3 heterocycles. The lowest BCUT2D eigenvalue weighted by Gasteiger charge is -2.58. The van der Waals surface area contributed by atoms with Crippen molar-refractivity contribution in [2.75, 3.05) is 13.1 Å². The second-order valence-corrected chi connectivity index (χ2v) is 10.7. The number of aromatic amines is 1. The SMILES string of the molecule is C=CC(=O)N1CC2(CC(n3nc(C4CCCCC4)c(-c4c(Cl)ccc5[nH]ncc45)c3C)C2)C1. The van der Waals surface area contributed by atoms with Crippen LogP contribution in [-0.4, -0.2) is 43.9 Å². The van der Waals surface area contributed by atoms with Gasteiger partial charge in [0.1, 0.15) is 0 Å². The standard InChI is InChI=1S/C26H30ClN5O/c1-3-22(33)31-14-26(15-31)11-18(12-26)32-16(2)23(25(30-32)17-7-5-4-6-8-17)24-19-13-28-29-21(19)10-9-20(24)27/h3,9-10,13,17-18H,1,4-8,11-12,14-15H2,2H3,(H,28,29). The van der Waals surface area contributed by atoms with Gasteiger partial charge in [0, 0.05) is 51.7 Å². The molecule has 33 heavy (non-hydrogen) atoms. The van der Waals surface area contributed by atoms with E-state index in [2.05, 4.69) is 28.4 Å². The lowest BCUT2D eigenvalue weighted by molar-refractivity contribution is -0.149. The van der Waals surface area contributed by atoms with E-state index in [4.69, 9.17) is 16.7 Å². The molecule has 6 nitrogen and oxygen atoms in total. The third-order valence-electron chi connectivity index (χ3n) is 8.21. The maximum atomic E-state index is 11.9. The van der Waals surface area contributed by atoms with Crippen LogP contribution in [0.1, 0.15) is 68.3 Å². The minimum Gasteiger partial charge on any atom is -0.338 e. The van der Waals surface area contributed by atoms with Crippen LogP contribution in [0.15, 0.2) is 31.0 Å². The normalized spacial score (nSPS) is 20.7. The van der Waals surface area contributed by atoms with Crippen LogP contribution in [-0.2, 0) is 4.79 Å². The van der Waals surface area contributed by atoms with Crippen LogP contribution in [0.3, 0.4) is 0 Å². The Hall–Kier alpha value is -2.60. The summed E-state index contributed by atoms with van der Waals surface area (Å²) < 4.78 is 2.28. The monoisotopic (exact) mass is 463 g/mol. The van der Waals surface area contributed by atoms with E-state index in [0.29, 0.717) is 12.0 Å². The molecule has 0 unspecified atom stereocenters. The molecule has 172 valence electrons. The maximum Gasteiger partial charge on any atom is 0.245 e. The summed E-state index contributed by atoms with van der Waals surface area (Å²) in [5, 5.41) is 14.5. The molecule has 0 atom stereocenters. The first kappa shape index (κ1) is 21.0. The largest absolute Gasteiger partial charge is 0.338 e. The quantitative estimate of drug-likeness (QED) is 0.498. The van der Waals surface area contributed by atoms with Crippen molar-refractivity contribution in [1.29, 1.82) is 0 Å². The zero-order chi connectivity index (χ0) is 22.7. The summed E-state index contributed by atoms with van der Waals surface area (Å²) in [4.78, 5) is 13.8. The van der Waals surface area contributed by atoms with Gasteiger partial charge >= 0.3 is 0 Å². The van der Waals surface area contributed by atoms with E-state index >= 15 is 0 Å². The van der Waals surface area contributed by atoms with Gasteiger partial charge in [-0.1, -0.05) is 37.4 Å². The first-order chi connectivity index (χ1) is 16.0. The van der Waals surface area contributed by atoms with Crippen LogP contribution in [0.5, 0.6) is 0 Å². The topological polar surface area (TPSA) is 66.8 Å². The van der Waals surface area contributed by atoms with Crippen molar-refractivity contribution in [3.05, 3.63) is 47.4 Å². The fourth-order valence-electron chi connectivity index (χ4n) is 6.53. The van der Waals surface area contributed by atoms with Crippen LogP contribution in [0.2, 0.25) is 5.02 Å². The summed E-state index contributed by atoms with van der Waals surface area (Å²) >= 11 is 6.83. The first-order valence-electron chi connectivity index (χ1n) is 12.1. The van der Waals surface area contributed by atoms with E-state index in [0.717, 1.165) is 47.4 Å². The van der Waals surface area contributed by atoms with Gasteiger partial charge in [0.15, 0.2) is 0 Å². The maximum absolute atomic E-state index is 11.9. The number of hydrogen-bond donors (Lipinski definition) is 1. The Balaban J connectivity index is 1.38. The molecule has 6 rings (SSSR count). The Bertz CT molecular complexity index is 1240. The zero-order valence-electron chi connectivity index (χ0n) is 19.1. The zero-order valence-corrected chi connectivity index (χ0v) is 19.9. The highest BCUT2D eigenvalue weighted by Crippen LogP contribution is 2.55. The van der Waals surface area contributed by atoms with Crippen molar-refractivity contribution in [1.82, 2.24) is 24.9 Å². The molecule has 3 fully saturated rings. The molecule has 3 aromatic rings. The number of hydrogen-bond acceptors (Lipinski definition) is 3. The molecule has 1 saturated heterocycles. The summed E-state index contributed by atoms with van der Waals surface area (Å²) in [6.07, 6.45) is 11.7. The van der Waals surface area contributed by atoms with Crippen LogP contribution < -0.4 is 0 Å². The van der Waals surface area contributed by atoms with Crippen molar-refractivity contribution in [3.63, 3.8) is 0 Å². The second kappa shape index (κ2) is 7.73. The number of carbonyl (C=O) groups is 1. The van der Waals surface area contributed by atoms with Crippen molar-refractivity contribution >= 4 is 28.4 Å². The number of nitrogens with zero attached hydrogens (tertiary/aromatic N) is 4. The Morgan fingerprint density at radius 1 is 1.21 bits per heavy atom. The number of amides is 1. The molecule has 2 aromatic heterocycles. The van der Waals surface area contributed by atoms with Gasteiger partial charge in [-0.05, 0) is 50.8 Å². The molecule has 3 aliphatic rings. The number of aromatic nitrogens is 4. The van der Waals surface area contributed by atoms with Crippen molar-refractivity contribution < 1.29 is 4.79 Å². The molecule has 2 aliphatic carbocycles. The van der Waals surface area contributed by atoms with Crippen molar-refractivity contribution in [3.8, 4) is 11.1 Å². The summed E-state index contributed by atoms with van der Waals surface area (Å²) in [5.74, 6) is 0.523. The fourth-order valence-corrected chi connectivity index (χ4v) is 6.79. The number of H-pyrrole nitrogens is 1. The fraction of sp³-hybridized carbons (Fsp3) is 0.500. The van der Waals surface area contributed by atoms with E-state index in [1.165, 1.54) is 55.1 Å². The predicted octanol–water partition coefficient (Wildman–Crippen LogP) is 5.79. The average Bonchev–Trinajstić information content (AvgIpc) is 3.37. The number of halogens is 1. The van der Waals surface area contributed by atoms with Gasteiger partial charge in [0.25, 0.3) is 0 Å². The van der Waals surface area contributed by atoms with Crippen molar-refractivity contribution in [2.45, 2.75) is 63.8 Å². The van der Waals surface area contributed by atoms with Crippen LogP contribution in [0.4, 0.5) is 0 Å². The van der Waals surface area contributed by atoms with Gasteiger partial charge in [-0.15, -0.1) is 0 Å². The first-order valence-corrected chi connectivity index (χ1v) is 12.5. The number of carbonyl (C=O) groups excluding carboxylic acids is 1. The number of benzene rings is 1. The van der Waals surface area contributed by atoms with Gasteiger partial charge in [0.05, 0.1) is 23.4 Å². The molecule has 1 N–H and O–H groups in total. The number of rotatable bonds is 4. The highest BCUT2D eigenvalue weighted by molar-refractivity contribution is 6.35. The number of likely N-dealkylation sites (tertiary alicyclic amines) is 1. The van der Waals surface area contributed by atoms with E-state index in [1.54, 1.807) is 0 Å². The molecule has 0 radical (unpaired) electrons. The molecule has 1 amide bonds. The lowest BCUT2D eigenvalue weighted by atomic mass is 9.60. The molecule has 0 bridgehead atoms. The second-order valence-electron chi connectivity index (χ2n) is 10.3. The van der Waals surface area contributed by atoms with Crippen LogP contribution >= 0.6 is 11.6 Å². The number of nitrogens with one attached hydrogen (secondary N) is 1. The average molecular weight is 464 g/mol. The third-order valence-corrected chi connectivity index (χ3v) is 8.53. The Labute approximate surface area is 199 Å². The van der Waals surface area contributed by atoms with Crippen LogP contribution in [0, 0.1) is 12.3 Å². The Morgan fingerprint density at radius 3 is 2.70 bits per heavy atom.